The van der Waals surface area contributed by atoms with E-state index in [-0.39, 0.29) is 0 Å². The first-order valence-corrected chi connectivity index (χ1v) is 5.71. The number of rotatable bonds is 6. The third-order valence-electron chi connectivity index (χ3n) is 2.82. The van der Waals surface area contributed by atoms with Crippen molar-refractivity contribution >= 4 is 5.91 Å². The molecule has 4 N–H and O–H groups in total. The zero-order valence-electron chi connectivity index (χ0n) is 10.3. The Bertz CT molecular complexity index is 443. The fourth-order valence-corrected chi connectivity index (χ4v) is 1.53. The van der Waals surface area contributed by atoms with Gasteiger partial charge in [0.15, 0.2) is 0 Å². The minimum atomic E-state index is -1.53. The molecule has 0 aromatic heterocycles. The summed E-state index contributed by atoms with van der Waals surface area (Å²) in [7, 11) is 0. The molecule has 0 aliphatic carbocycles. The summed E-state index contributed by atoms with van der Waals surface area (Å²) in [6.07, 6.45) is 0. The SMILES string of the molecule is N#CC(C(=O)NC(CO)(CO)CO)c1ccccc1. The van der Waals surface area contributed by atoms with E-state index in [2.05, 4.69) is 5.32 Å². The number of nitriles is 1. The van der Waals surface area contributed by atoms with E-state index in [1.54, 1.807) is 30.3 Å². The maximum atomic E-state index is 12.0. The van der Waals surface area contributed by atoms with E-state index in [1.165, 1.54) is 0 Å². The first-order chi connectivity index (χ1) is 9.12. The Balaban J connectivity index is 2.90. The zero-order chi connectivity index (χ0) is 14.3. The average Bonchev–Trinajstić information content (AvgIpc) is 2.47. The number of aliphatic hydroxyl groups is 3. The van der Waals surface area contributed by atoms with Crippen molar-refractivity contribution in [1.82, 2.24) is 5.32 Å². The van der Waals surface area contributed by atoms with Crippen LogP contribution in [0.4, 0.5) is 0 Å². The lowest BCUT2D eigenvalue weighted by Gasteiger charge is -2.29. The number of amides is 1. The van der Waals surface area contributed by atoms with Gasteiger partial charge in [-0.2, -0.15) is 5.26 Å². The normalized spacial score (nSPS) is 12.5. The Hall–Kier alpha value is -1.94. The van der Waals surface area contributed by atoms with Crippen LogP contribution >= 0.6 is 0 Å². The van der Waals surface area contributed by atoms with Crippen LogP contribution < -0.4 is 5.32 Å². The number of hydrogen-bond donors (Lipinski definition) is 4. The molecule has 6 heteroatoms. The van der Waals surface area contributed by atoms with Gasteiger partial charge < -0.3 is 20.6 Å². The molecule has 1 rings (SSSR count). The van der Waals surface area contributed by atoms with Crippen molar-refractivity contribution in [2.24, 2.45) is 0 Å². The molecular formula is C13H16N2O4. The van der Waals surface area contributed by atoms with Gasteiger partial charge in [-0.1, -0.05) is 30.3 Å². The van der Waals surface area contributed by atoms with Gasteiger partial charge in [0.05, 0.1) is 25.9 Å². The van der Waals surface area contributed by atoms with E-state index < -0.39 is 37.2 Å². The topological polar surface area (TPSA) is 114 Å². The minimum absolute atomic E-state index is 0.505. The van der Waals surface area contributed by atoms with Gasteiger partial charge in [-0.25, -0.2) is 0 Å². The predicted molar refractivity (Wildman–Crippen MR) is 66.9 cm³/mol. The number of nitrogens with one attached hydrogen (secondary N) is 1. The molecule has 1 unspecified atom stereocenters. The van der Waals surface area contributed by atoms with Crippen molar-refractivity contribution in [3.63, 3.8) is 0 Å². The quantitative estimate of drug-likeness (QED) is 0.533. The Morgan fingerprint density at radius 3 is 2.16 bits per heavy atom. The standard InChI is InChI=1S/C13H16N2O4/c14-6-11(10-4-2-1-3-5-10)12(19)15-13(7-16,8-17)9-18/h1-5,11,16-18H,7-9H2,(H,15,19). The molecule has 0 spiro atoms. The molecule has 0 bridgehead atoms. The molecule has 102 valence electrons. The third kappa shape index (κ3) is 3.51. The van der Waals surface area contributed by atoms with E-state index in [1.807, 2.05) is 6.07 Å². The van der Waals surface area contributed by atoms with Gasteiger partial charge in [0.25, 0.3) is 0 Å². The van der Waals surface area contributed by atoms with E-state index in [0.717, 1.165) is 0 Å². The van der Waals surface area contributed by atoms with Gasteiger partial charge in [0.2, 0.25) is 5.91 Å². The van der Waals surface area contributed by atoms with Crippen LogP contribution in [-0.2, 0) is 4.79 Å². The average molecular weight is 264 g/mol. The van der Waals surface area contributed by atoms with Crippen LogP contribution in [0.5, 0.6) is 0 Å². The van der Waals surface area contributed by atoms with Crippen molar-refractivity contribution in [1.29, 1.82) is 5.26 Å². The van der Waals surface area contributed by atoms with Gasteiger partial charge in [-0.15, -0.1) is 0 Å². The van der Waals surface area contributed by atoms with Crippen LogP contribution in [-0.4, -0.2) is 46.6 Å². The van der Waals surface area contributed by atoms with Gasteiger partial charge >= 0.3 is 0 Å². The monoisotopic (exact) mass is 264 g/mol. The van der Waals surface area contributed by atoms with Crippen LogP contribution in [0.25, 0.3) is 0 Å². The highest BCUT2D eigenvalue weighted by Crippen LogP contribution is 2.16. The molecular weight excluding hydrogens is 248 g/mol. The molecule has 0 saturated carbocycles. The fraction of sp³-hybridized carbons (Fsp3) is 0.385. The summed E-state index contributed by atoms with van der Waals surface area (Å²) in [5, 5.41) is 38.8. The van der Waals surface area contributed by atoms with Crippen molar-refractivity contribution in [3.05, 3.63) is 35.9 Å². The lowest BCUT2D eigenvalue weighted by Crippen LogP contribution is -2.57. The number of hydrogen-bond acceptors (Lipinski definition) is 5. The summed E-state index contributed by atoms with van der Waals surface area (Å²) >= 11 is 0. The molecule has 1 aromatic carbocycles. The maximum absolute atomic E-state index is 12.0. The van der Waals surface area contributed by atoms with Crippen LogP contribution in [0.2, 0.25) is 0 Å². The van der Waals surface area contributed by atoms with Gasteiger partial charge in [-0.3, -0.25) is 4.79 Å². The second-order valence-electron chi connectivity index (χ2n) is 4.22. The Morgan fingerprint density at radius 2 is 1.74 bits per heavy atom. The molecule has 1 atom stereocenters. The van der Waals surface area contributed by atoms with E-state index in [4.69, 9.17) is 20.6 Å². The molecule has 1 aromatic rings. The zero-order valence-corrected chi connectivity index (χ0v) is 10.3. The largest absolute Gasteiger partial charge is 0.394 e. The number of aliphatic hydroxyl groups excluding tert-OH is 3. The first kappa shape index (κ1) is 15.1. The Labute approximate surface area is 110 Å². The van der Waals surface area contributed by atoms with Crippen LogP contribution in [0.15, 0.2) is 30.3 Å². The minimum Gasteiger partial charge on any atom is -0.394 e. The lowest BCUT2D eigenvalue weighted by molar-refractivity contribution is -0.125. The highest BCUT2D eigenvalue weighted by molar-refractivity contribution is 5.87. The third-order valence-corrected chi connectivity index (χ3v) is 2.82. The molecule has 6 nitrogen and oxygen atoms in total. The molecule has 1 amide bonds. The summed E-state index contributed by atoms with van der Waals surface area (Å²) < 4.78 is 0. The van der Waals surface area contributed by atoms with E-state index in [0.29, 0.717) is 5.56 Å². The van der Waals surface area contributed by atoms with Crippen molar-refractivity contribution < 1.29 is 20.1 Å². The summed E-state index contributed by atoms with van der Waals surface area (Å²) in [5.41, 5.74) is -1.02. The summed E-state index contributed by atoms with van der Waals surface area (Å²) in [5.74, 6) is -1.74. The maximum Gasteiger partial charge on any atom is 0.242 e. The number of carbonyl (C=O) groups excluding carboxylic acids is 1. The summed E-state index contributed by atoms with van der Waals surface area (Å²) in [6.45, 7) is -1.88. The molecule has 0 aliphatic rings. The van der Waals surface area contributed by atoms with E-state index in [9.17, 15) is 4.79 Å². The van der Waals surface area contributed by atoms with Crippen molar-refractivity contribution in [2.45, 2.75) is 11.5 Å². The smallest absolute Gasteiger partial charge is 0.242 e. The lowest BCUT2D eigenvalue weighted by atomic mass is 9.96. The van der Waals surface area contributed by atoms with Crippen LogP contribution in [0.1, 0.15) is 11.5 Å². The Kier molecular flexibility index (Phi) is 5.45. The fourth-order valence-electron chi connectivity index (χ4n) is 1.53. The van der Waals surface area contributed by atoms with Gasteiger partial charge in [0, 0.05) is 0 Å². The summed E-state index contributed by atoms with van der Waals surface area (Å²) in [4.78, 5) is 12.0. The number of benzene rings is 1. The predicted octanol–water partition coefficient (Wildman–Crippen LogP) is -0.874. The van der Waals surface area contributed by atoms with Gasteiger partial charge in [-0.05, 0) is 5.56 Å². The molecule has 0 fully saturated rings. The molecule has 19 heavy (non-hydrogen) atoms. The van der Waals surface area contributed by atoms with Gasteiger partial charge in [0.1, 0.15) is 11.5 Å². The Morgan fingerprint density at radius 1 is 1.21 bits per heavy atom. The first-order valence-electron chi connectivity index (χ1n) is 5.71. The van der Waals surface area contributed by atoms with Crippen LogP contribution in [0, 0.1) is 11.3 Å². The number of carbonyl (C=O) groups is 1. The molecule has 0 aliphatic heterocycles. The highest BCUT2D eigenvalue weighted by Gasteiger charge is 2.33. The molecule has 0 heterocycles. The van der Waals surface area contributed by atoms with Crippen LogP contribution in [0.3, 0.4) is 0 Å². The van der Waals surface area contributed by atoms with E-state index >= 15 is 0 Å². The second kappa shape index (κ2) is 6.85. The summed E-state index contributed by atoms with van der Waals surface area (Å²) in [6, 6.07) is 10.3. The highest BCUT2D eigenvalue weighted by atomic mass is 16.3. The molecule has 0 radical (unpaired) electrons. The number of nitrogens with zero attached hydrogens (tertiary/aromatic N) is 1. The van der Waals surface area contributed by atoms with Crippen molar-refractivity contribution in [2.75, 3.05) is 19.8 Å². The molecule has 0 saturated heterocycles. The second-order valence-corrected chi connectivity index (χ2v) is 4.22. The van der Waals surface area contributed by atoms with Crippen molar-refractivity contribution in [3.8, 4) is 6.07 Å².